The van der Waals surface area contributed by atoms with Crippen LogP contribution in [0.2, 0.25) is 0 Å². The number of anilines is 2. The van der Waals surface area contributed by atoms with Crippen LogP contribution in [0.15, 0.2) is 47.4 Å². The molecule has 3 heterocycles. The smallest absolute Gasteiger partial charge is 0.417 e. The molecule has 2 aromatic heterocycles. The summed E-state index contributed by atoms with van der Waals surface area (Å²) < 4.78 is 82.7. The third-order valence-electron chi connectivity index (χ3n) is 6.61. The Bertz CT molecular complexity index is 1460. The summed E-state index contributed by atoms with van der Waals surface area (Å²) in [7, 11) is -4.61. The van der Waals surface area contributed by atoms with Crippen LogP contribution in [0.4, 0.5) is 29.2 Å². The van der Waals surface area contributed by atoms with Crippen molar-refractivity contribution in [2.75, 3.05) is 11.9 Å². The van der Waals surface area contributed by atoms with Crippen molar-refractivity contribution in [2.24, 2.45) is 5.41 Å². The van der Waals surface area contributed by atoms with Gasteiger partial charge in [0.15, 0.2) is 5.82 Å². The average Bonchev–Trinajstić information content (AvgIpc) is 3.25. The van der Waals surface area contributed by atoms with Crippen molar-refractivity contribution in [3.63, 3.8) is 0 Å². The molecule has 0 saturated carbocycles. The highest BCUT2D eigenvalue weighted by molar-refractivity contribution is 7.89. The molecule has 0 bridgehead atoms. The van der Waals surface area contributed by atoms with Crippen molar-refractivity contribution in [1.29, 1.82) is 0 Å². The van der Waals surface area contributed by atoms with Crippen molar-refractivity contribution in [2.45, 2.75) is 50.2 Å². The van der Waals surface area contributed by atoms with Gasteiger partial charge in [0.2, 0.25) is 10.0 Å². The van der Waals surface area contributed by atoms with E-state index >= 15 is 0 Å². The molecule has 0 amide bonds. The second-order valence-electron chi connectivity index (χ2n) is 9.36. The van der Waals surface area contributed by atoms with Crippen LogP contribution in [0.3, 0.4) is 0 Å². The monoisotopic (exact) mass is 555 g/mol. The Morgan fingerprint density at radius 1 is 1.24 bits per heavy atom. The average molecular weight is 556 g/mol. The van der Waals surface area contributed by atoms with Crippen molar-refractivity contribution >= 4 is 27.6 Å². The molecule has 1 aliphatic heterocycles. The van der Waals surface area contributed by atoms with Gasteiger partial charge in [-0.2, -0.15) is 22.6 Å². The van der Waals surface area contributed by atoms with Crippen LogP contribution >= 0.6 is 0 Å². The number of carbonyl (C=O) groups is 1. The zero-order valence-corrected chi connectivity index (χ0v) is 21.2. The van der Waals surface area contributed by atoms with Crippen LogP contribution in [-0.4, -0.2) is 51.6 Å². The number of pyridine rings is 1. The highest BCUT2D eigenvalue weighted by atomic mass is 32.2. The zero-order chi connectivity index (χ0) is 27.9. The van der Waals surface area contributed by atoms with Crippen LogP contribution in [-0.2, 0) is 27.4 Å². The quantitative estimate of drug-likeness (QED) is 0.366. The highest BCUT2D eigenvalue weighted by Crippen LogP contribution is 2.42. The number of nitrogens with zero attached hydrogens (tertiary/aromatic N) is 3. The fraction of sp³-hybridized carbons (Fsp3) is 0.375. The van der Waals surface area contributed by atoms with Gasteiger partial charge >= 0.3 is 12.1 Å². The molecule has 3 aromatic rings. The van der Waals surface area contributed by atoms with Crippen molar-refractivity contribution < 1.29 is 35.9 Å². The lowest BCUT2D eigenvalue weighted by atomic mass is 9.73. The molecular formula is C24H25F4N5O4S. The number of carboxylic acid groups (broad SMARTS) is 1. The van der Waals surface area contributed by atoms with Crippen molar-refractivity contribution in [3.05, 3.63) is 65.2 Å². The minimum Gasteiger partial charge on any atom is -0.481 e. The molecular weight excluding hydrogens is 530 g/mol. The summed E-state index contributed by atoms with van der Waals surface area (Å²) in [6.07, 6.45) is -5.75. The molecule has 14 heteroatoms. The molecule has 204 valence electrons. The number of rotatable bonds is 7. The first-order chi connectivity index (χ1) is 17.7. The van der Waals surface area contributed by atoms with Gasteiger partial charge in [0.1, 0.15) is 11.6 Å². The van der Waals surface area contributed by atoms with Gasteiger partial charge in [0.25, 0.3) is 0 Å². The van der Waals surface area contributed by atoms with E-state index in [4.69, 9.17) is 0 Å². The third-order valence-corrected chi connectivity index (χ3v) is 8.68. The predicted molar refractivity (Wildman–Crippen MR) is 129 cm³/mol. The fourth-order valence-corrected chi connectivity index (χ4v) is 6.61. The molecule has 3 N–H and O–H groups in total. The minimum atomic E-state index is -4.90. The van der Waals surface area contributed by atoms with E-state index in [0.717, 1.165) is 28.2 Å². The summed E-state index contributed by atoms with van der Waals surface area (Å²) in [6, 6.07) is 7.06. The second-order valence-corrected chi connectivity index (χ2v) is 11.2. The summed E-state index contributed by atoms with van der Waals surface area (Å²) in [4.78, 5) is 15.7. The number of alkyl halides is 3. The number of aromatic amines is 1. The van der Waals surface area contributed by atoms with E-state index in [1.54, 1.807) is 13.0 Å². The Kier molecular flexibility index (Phi) is 7.23. The summed E-state index contributed by atoms with van der Waals surface area (Å²) >= 11 is 0. The maximum Gasteiger partial charge on any atom is 0.417 e. The topological polar surface area (TPSA) is 128 Å². The van der Waals surface area contributed by atoms with E-state index in [-0.39, 0.29) is 37.3 Å². The summed E-state index contributed by atoms with van der Waals surface area (Å²) in [5, 5.41) is 19.8. The van der Waals surface area contributed by atoms with Gasteiger partial charge in [-0.05, 0) is 51.0 Å². The van der Waals surface area contributed by atoms with Crippen LogP contribution in [0.5, 0.6) is 0 Å². The lowest BCUT2D eigenvalue weighted by Gasteiger charge is -2.42. The Morgan fingerprint density at radius 3 is 2.55 bits per heavy atom. The zero-order valence-electron chi connectivity index (χ0n) is 20.4. The van der Waals surface area contributed by atoms with Gasteiger partial charge in [-0.15, -0.1) is 0 Å². The molecule has 1 fully saturated rings. The van der Waals surface area contributed by atoms with E-state index in [1.165, 1.54) is 19.1 Å². The normalized spacial score (nSPS) is 20.8. The second kappa shape index (κ2) is 9.98. The molecule has 1 aromatic carbocycles. The molecule has 0 unspecified atom stereocenters. The van der Waals surface area contributed by atoms with Crippen LogP contribution < -0.4 is 5.32 Å². The molecule has 0 spiro atoms. The summed E-state index contributed by atoms with van der Waals surface area (Å²) in [6.45, 7) is 2.84. The number of H-pyrrole nitrogens is 1. The van der Waals surface area contributed by atoms with Crippen molar-refractivity contribution in [1.82, 2.24) is 19.5 Å². The largest absolute Gasteiger partial charge is 0.481 e. The Morgan fingerprint density at radius 2 is 1.95 bits per heavy atom. The molecule has 0 radical (unpaired) electrons. The van der Waals surface area contributed by atoms with E-state index in [9.17, 15) is 35.9 Å². The summed E-state index contributed by atoms with van der Waals surface area (Å²) in [5.41, 5.74) is -2.27. The van der Waals surface area contributed by atoms with Gasteiger partial charge in [0, 0.05) is 30.8 Å². The first-order valence-corrected chi connectivity index (χ1v) is 13.0. The highest BCUT2D eigenvalue weighted by Gasteiger charge is 2.49. The Balaban J connectivity index is 1.60. The van der Waals surface area contributed by atoms with Gasteiger partial charge < -0.3 is 10.4 Å². The molecule has 1 aliphatic rings. The SMILES string of the molecule is Cc1cc(Nc2ccc(F)c(C[C@@]3(C(=O)O)CCN(S(=O)(=O)c4ccccc4C(F)(F)F)[C@H](C)C3)n2)n[nH]1. The van der Waals surface area contributed by atoms with Crippen LogP contribution in [0.25, 0.3) is 0 Å². The van der Waals surface area contributed by atoms with Gasteiger partial charge in [-0.25, -0.2) is 17.8 Å². The number of nitrogens with one attached hydrogen (secondary N) is 2. The number of sulfonamides is 1. The van der Waals surface area contributed by atoms with E-state index in [1.807, 2.05) is 0 Å². The molecule has 2 atom stereocenters. The van der Waals surface area contributed by atoms with E-state index in [2.05, 4.69) is 20.5 Å². The van der Waals surface area contributed by atoms with Gasteiger partial charge in [0.05, 0.1) is 21.6 Å². The van der Waals surface area contributed by atoms with E-state index in [0.29, 0.717) is 11.9 Å². The molecule has 0 aliphatic carbocycles. The molecule has 9 nitrogen and oxygen atoms in total. The Labute approximate surface area is 215 Å². The number of aromatic nitrogens is 3. The van der Waals surface area contributed by atoms with Crippen molar-refractivity contribution in [3.8, 4) is 0 Å². The molecule has 38 heavy (non-hydrogen) atoms. The number of carboxylic acids is 1. The maximum atomic E-state index is 14.7. The Hall–Kier alpha value is -3.52. The van der Waals surface area contributed by atoms with Crippen LogP contribution in [0.1, 0.15) is 36.7 Å². The molecule has 4 rings (SSSR count). The number of piperidine rings is 1. The predicted octanol–water partition coefficient (Wildman–Crippen LogP) is 4.50. The standard InChI is InChI=1S/C24H25F4N5O4S/c1-14-11-21(32-31-14)30-20-8-7-17(25)18(29-20)13-23(22(34)35)9-10-33(15(2)12-23)38(36,37)19-6-4-3-5-16(19)24(26,27)28/h3-8,11,15H,9-10,12-13H2,1-2H3,(H,34,35)(H2,29,30,31,32)/t15-,23-/m1/s1. The lowest BCUT2D eigenvalue weighted by molar-refractivity contribution is -0.152. The molecule has 1 saturated heterocycles. The van der Waals surface area contributed by atoms with Gasteiger partial charge in [-0.1, -0.05) is 12.1 Å². The number of hydrogen-bond acceptors (Lipinski definition) is 6. The van der Waals surface area contributed by atoms with Crippen LogP contribution in [0, 0.1) is 18.2 Å². The first kappa shape index (κ1) is 27.5. The minimum absolute atomic E-state index is 0.143. The number of halogens is 4. The summed E-state index contributed by atoms with van der Waals surface area (Å²) in [5.74, 6) is -1.37. The fourth-order valence-electron chi connectivity index (χ4n) is 4.77. The number of aryl methyl sites for hydroxylation is 1. The van der Waals surface area contributed by atoms with E-state index < -0.39 is 49.9 Å². The maximum absolute atomic E-state index is 14.7. The first-order valence-electron chi connectivity index (χ1n) is 11.6. The number of benzene rings is 1. The number of aliphatic carboxylic acids is 1. The van der Waals surface area contributed by atoms with Gasteiger partial charge in [-0.3, -0.25) is 9.89 Å². The number of hydrogen-bond donors (Lipinski definition) is 3. The third kappa shape index (κ3) is 5.36. The lowest BCUT2D eigenvalue weighted by Crippen LogP contribution is -2.52.